The number of thiophene rings is 2. The Kier molecular flexibility index (Phi) is 13.5. The molecule has 2 fully saturated rings. The highest BCUT2D eigenvalue weighted by atomic mass is 35.5. The SMILES string of the molecule is Cc1ccc(CC(=O)NCc2scc3c2CN(C2CCC(=O)NC2=O)C3=O)cc1N(C)C.Cc1ccc(CS(=O)(=O)NCc2scc3c2CN(C2CCC(=O)NC2=O)C3=O)cc1Cl. The summed E-state index contributed by atoms with van der Waals surface area (Å²) >= 11 is 8.82. The highest BCUT2D eigenvalue weighted by molar-refractivity contribution is 7.88. The van der Waals surface area contributed by atoms with Gasteiger partial charge in [-0.3, -0.25) is 44.2 Å². The van der Waals surface area contributed by atoms with Crippen LogP contribution in [0, 0.1) is 13.8 Å². The molecule has 2 atom stereocenters. The van der Waals surface area contributed by atoms with E-state index in [1.54, 1.807) is 29.0 Å². The van der Waals surface area contributed by atoms with Crippen LogP contribution in [0.1, 0.15) is 89.5 Å². The number of piperidine rings is 2. The van der Waals surface area contributed by atoms with Gasteiger partial charge in [0.05, 0.1) is 29.8 Å². The molecule has 2 saturated heterocycles. The van der Waals surface area contributed by atoms with E-state index in [9.17, 15) is 42.0 Å². The molecule has 63 heavy (non-hydrogen) atoms. The number of halogens is 1. The number of nitrogens with one attached hydrogen (secondary N) is 4. The van der Waals surface area contributed by atoms with Gasteiger partial charge in [0.1, 0.15) is 12.1 Å². The fraction of sp³-hybridized carbons (Fsp3) is 0.372. The molecule has 4 aromatic rings. The van der Waals surface area contributed by atoms with E-state index >= 15 is 0 Å². The molecule has 20 heteroatoms. The van der Waals surface area contributed by atoms with Crippen molar-refractivity contribution in [2.45, 2.75) is 90.0 Å². The van der Waals surface area contributed by atoms with Crippen LogP contribution in [0.25, 0.3) is 0 Å². The van der Waals surface area contributed by atoms with Crippen LogP contribution in [0.2, 0.25) is 5.02 Å². The van der Waals surface area contributed by atoms with Crippen LogP contribution in [0.15, 0.2) is 47.2 Å². The number of nitrogens with zero attached hydrogens (tertiary/aromatic N) is 3. The van der Waals surface area contributed by atoms with Crippen molar-refractivity contribution >= 4 is 91.3 Å². The summed E-state index contributed by atoms with van der Waals surface area (Å²) in [4.78, 5) is 91.9. The van der Waals surface area contributed by atoms with Gasteiger partial charge in [0.15, 0.2) is 0 Å². The number of amides is 7. The third-order valence-electron chi connectivity index (χ3n) is 11.4. The first-order chi connectivity index (χ1) is 29.9. The van der Waals surface area contributed by atoms with Gasteiger partial charge >= 0.3 is 0 Å². The van der Waals surface area contributed by atoms with E-state index in [0.29, 0.717) is 41.2 Å². The first-order valence-electron chi connectivity index (χ1n) is 20.1. The molecule has 0 saturated carbocycles. The van der Waals surface area contributed by atoms with Crippen molar-refractivity contribution < 1.29 is 42.0 Å². The van der Waals surface area contributed by atoms with E-state index < -0.39 is 33.9 Å². The molecule has 2 unspecified atom stereocenters. The second kappa shape index (κ2) is 18.7. The predicted octanol–water partition coefficient (Wildman–Crippen LogP) is 3.83. The maximum absolute atomic E-state index is 12.8. The molecule has 0 spiro atoms. The summed E-state index contributed by atoms with van der Waals surface area (Å²) < 4.78 is 27.6. The Morgan fingerprint density at radius 2 is 1.30 bits per heavy atom. The van der Waals surface area contributed by atoms with Crippen LogP contribution < -0.4 is 25.6 Å². The van der Waals surface area contributed by atoms with Crippen LogP contribution in [-0.2, 0) is 72.3 Å². The van der Waals surface area contributed by atoms with Gasteiger partial charge in [-0.15, -0.1) is 22.7 Å². The molecule has 4 N–H and O–H groups in total. The minimum absolute atomic E-state index is 0.0540. The first kappa shape index (κ1) is 45.6. The Balaban J connectivity index is 0.000000189. The molecule has 8 rings (SSSR count). The molecule has 2 aromatic heterocycles. The molecule has 0 aliphatic carbocycles. The van der Waals surface area contributed by atoms with Crippen molar-refractivity contribution in [2.24, 2.45) is 0 Å². The minimum Gasteiger partial charge on any atom is -0.377 e. The average molecular weight is 937 g/mol. The lowest BCUT2D eigenvalue weighted by Gasteiger charge is -2.29. The third kappa shape index (κ3) is 10.2. The third-order valence-corrected chi connectivity index (χ3v) is 15.1. The largest absolute Gasteiger partial charge is 0.377 e. The van der Waals surface area contributed by atoms with Crippen LogP contribution >= 0.6 is 34.3 Å². The van der Waals surface area contributed by atoms with Gasteiger partial charge in [0.2, 0.25) is 39.6 Å². The maximum atomic E-state index is 12.8. The number of anilines is 1. The summed E-state index contributed by atoms with van der Waals surface area (Å²) in [6.45, 7) is 4.81. The van der Waals surface area contributed by atoms with Gasteiger partial charge in [0.25, 0.3) is 11.8 Å². The van der Waals surface area contributed by atoms with Gasteiger partial charge in [-0.2, -0.15) is 0 Å². The monoisotopic (exact) mass is 935 g/mol. The van der Waals surface area contributed by atoms with Gasteiger partial charge in [-0.25, -0.2) is 13.1 Å². The number of benzene rings is 2. The molecule has 332 valence electrons. The van der Waals surface area contributed by atoms with Crippen molar-refractivity contribution in [1.82, 2.24) is 30.5 Å². The minimum atomic E-state index is -3.62. The number of rotatable bonds is 12. The van der Waals surface area contributed by atoms with Gasteiger partial charge in [0, 0.05) is 77.8 Å². The van der Waals surface area contributed by atoms with Crippen molar-refractivity contribution in [1.29, 1.82) is 0 Å². The molecular weight excluding hydrogens is 890 g/mol. The standard InChI is InChI=1S/C23H26N4O4S.C20H20ClN3O5S2/c1-13-4-5-14(8-18(13)26(2)3)9-21(29)24-10-19-15-11-27(23(31)16(15)12-32-19)17-6-7-20(28)25-22(17)30;1-11-2-3-12(6-15(11)21)10-31(28,29)22-7-17-13-8-24(20(27)14(13)9-30-17)16-4-5-18(25)23-19(16)26/h4-5,8,12,17H,6-7,9-11H2,1-3H3,(H,24,29)(H,25,28,30);2-3,6,9,16,22H,4-5,7-8,10H2,1H3,(H,23,25,26). The Hall–Kier alpha value is -5.47. The molecule has 2 aromatic carbocycles. The number of carbonyl (C=O) groups excluding carboxylic acids is 7. The van der Waals surface area contributed by atoms with Gasteiger partial charge < -0.3 is 20.0 Å². The Morgan fingerprint density at radius 1 is 0.778 bits per heavy atom. The summed E-state index contributed by atoms with van der Waals surface area (Å²) in [5.74, 6) is -2.31. The van der Waals surface area contributed by atoms with Crippen molar-refractivity contribution in [2.75, 3.05) is 19.0 Å². The molecule has 7 amide bonds. The number of fused-ring (bicyclic) bond motifs is 2. The zero-order valence-electron chi connectivity index (χ0n) is 35.0. The molecule has 6 heterocycles. The first-order valence-corrected chi connectivity index (χ1v) is 23.9. The lowest BCUT2D eigenvalue weighted by molar-refractivity contribution is -0.138. The Morgan fingerprint density at radius 3 is 1.83 bits per heavy atom. The molecule has 16 nitrogen and oxygen atoms in total. The van der Waals surface area contributed by atoms with Crippen molar-refractivity contribution in [3.05, 3.63) is 106 Å². The van der Waals surface area contributed by atoms with Crippen molar-refractivity contribution in [3.63, 3.8) is 0 Å². The second-order valence-corrected chi connectivity index (χ2v) is 20.2. The fourth-order valence-corrected chi connectivity index (χ4v) is 11.3. The molecule has 4 aliphatic rings. The van der Waals surface area contributed by atoms with E-state index in [4.69, 9.17) is 11.6 Å². The Bertz CT molecular complexity index is 2660. The number of aryl methyl sites for hydroxylation is 2. The summed E-state index contributed by atoms with van der Waals surface area (Å²) in [7, 11) is 0.328. The summed E-state index contributed by atoms with van der Waals surface area (Å²) in [5, 5.41) is 11.5. The molecule has 4 aliphatic heterocycles. The summed E-state index contributed by atoms with van der Waals surface area (Å²) in [6.07, 6.45) is 1.30. The summed E-state index contributed by atoms with van der Waals surface area (Å²) in [5.41, 5.74) is 7.27. The Labute approximate surface area is 377 Å². The maximum Gasteiger partial charge on any atom is 0.256 e. The van der Waals surface area contributed by atoms with Gasteiger partial charge in [-0.1, -0.05) is 35.9 Å². The van der Waals surface area contributed by atoms with E-state index in [1.165, 1.54) is 32.5 Å². The highest BCUT2D eigenvalue weighted by Crippen LogP contribution is 2.35. The van der Waals surface area contributed by atoms with Crippen LogP contribution in [0.5, 0.6) is 0 Å². The quantitative estimate of drug-likeness (QED) is 0.151. The number of carbonyl (C=O) groups is 7. The molecule has 0 radical (unpaired) electrons. The average Bonchev–Trinajstić information content (AvgIpc) is 3.98. The lowest BCUT2D eigenvalue weighted by atomic mass is 10.0. The van der Waals surface area contributed by atoms with E-state index in [1.807, 2.05) is 51.0 Å². The van der Waals surface area contributed by atoms with Gasteiger partial charge in [-0.05, 0) is 72.2 Å². The zero-order valence-corrected chi connectivity index (χ0v) is 38.2. The molecule has 0 bridgehead atoms. The number of hydrogen-bond acceptors (Lipinski definition) is 12. The van der Waals surface area contributed by atoms with Crippen LogP contribution in [0.4, 0.5) is 5.69 Å². The topological polar surface area (TPSA) is 211 Å². The van der Waals surface area contributed by atoms with Crippen LogP contribution in [-0.4, -0.2) is 85.7 Å². The number of imide groups is 2. The number of sulfonamides is 1. The molecular formula is C43H46ClN7O9S3. The lowest BCUT2D eigenvalue weighted by Crippen LogP contribution is -2.52. The fourth-order valence-electron chi connectivity index (χ4n) is 7.95. The zero-order chi connectivity index (χ0) is 45.3. The van der Waals surface area contributed by atoms with E-state index in [0.717, 1.165) is 43.3 Å². The second-order valence-electron chi connectivity index (χ2n) is 16.0. The van der Waals surface area contributed by atoms with E-state index in [2.05, 4.69) is 20.7 Å². The summed E-state index contributed by atoms with van der Waals surface area (Å²) in [6, 6.07) is 9.80. The van der Waals surface area contributed by atoms with Crippen LogP contribution in [0.3, 0.4) is 0 Å². The van der Waals surface area contributed by atoms with Crippen molar-refractivity contribution in [3.8, 4) is 0 Å². The van der Waals surface area contributed by atoms with E-state index in [-0.39, 0.29) is 74.1 Å². The normalized spacial score (nSPS) is 18.4. The smallest absolute Gasteiger partial charge is 0.256 e. The predicted molar refractivity (Wildman–Crippen MR) is 237 cm³/mol. The number of hydrogen-bond donors (Lipinski definition) is 4. The highest BCUT2D eigenvalue weighted by Gasteiger charge is 2.42.